The van der Waals surface area contributed by atoms with Crippen LogP contribution in [0.15, 0.2) is 16.6 Å². The fraction of sp³-hybridized carbons (Fsp3) is 0.455. The Morgan fingerprint density at radius 1 is 1.25 bits per heavy atom. The number of ether oxygens (including phenoxy) is 2. The Morgan fingerprint density at radius 3 is 2.19 bits per heavy atom. The van der Waals surface area contributed by atoms with Crippen LogP contribution in [-0.4, -0.2) is 25.4 Å². The molecule has 1 rings (SSSR count). The van der Waals surface area contributed by atoms with Crippen molar-refractivity contribution in [1.82, 2.24) is 0 Å². The second-order valence-corrected chi connectivity index (χ2v) is 4.35. The molecule has 0 aliphatic rings. The van der Waals surface area contributed by atoms with E-state index in [4.69, 9.17) is 15.2 Å². The fourth-order valence-corrected chi connectivity index (χ4v) is 1.97. The molecule has 3 N–H and O–H groups in total. The van der Waals surface area contributed by atoms with Gasteiger partial charge in [0.1, 0.15) is 0 Å². The van der Waals surface area contributed by atoms with Gasteiger partial charge in [0, 0.05) is 4.47 Å². The van der Waals surface area contributed by atoms with Gasteiger partial charge in [0.15, 0.2) is 11.5 Å². The Balaban J connectivity index is 3.21. The summed E-state index contributed by atoms with van der Waals surface area (Å²) in [4.78, 5) is 0. The molecule has 2 atom stereocenters. The standard InChI is InChI=1S/C11H16BrNO3/c1-6(14)11(13)7-4-9(15-2)10(16-3)5-8(7)12/h4-6,11,14H,13H2,1-3H3/t6-,11-/m1/s1. The van der Waals surface area contributed by atoms with Crippen molar-refractivity contribution < 1.29 is 14.6 Å². The predicted molar refractivity (Wildman–Crippen MR) is 65.9 cm³/mol. The van der Waals surface area contributed by atoms with Crippen molar-refractivity contribution in [3.05, 3.63) is 22.2 Å². The minimum absolute atomic E-state index is 0.464. The average Bonchev–Trinajstić information content (AvgIpc) is 2.27. The molecule has 1 aromatic rings. The lowest BCUT2D eigenvalue weighted by Crippen LogP contribution is -2.23. The zero-order valence-electron chi connectivity index (χ0n) is 9.53. The number of hydrogen-bond donors (Lipinski definition) is 2. The third-order valence-corrected chi connectivity index (χ3v) is 3.07. The highest BCUT2D eigenvalue weighted by molar-refractivity contribution is 9.10. The molecule has 0 bridgehead atoms. The molecule has 0 saturated heterocycles. The second kappa shape index (κ2) is 5.52. The third kappa shape index (κ3) is 2.66. The summed E-state index contributed by atoms with van der Waals surface area (Å²) in [5.41, 5.74) is 6.66. The number of rotatable bonds is 4. The van der Waals surface area contributed by atoms with Crippen molar-refractivity contribution in [3.8, 4) is 11.5 Å². The molecule has 0 saturated carbocycles. The number of aliphatic hydroxyl groups is 1. The molecule has 0 heterocycles. The van der Waals surface area contributed by atoms with E-state index in [0.717, 1.165) is 10.0 Å². The summed E-state index contributed by atoms with van der Waals surface area (Å²) in [5, 5.41) is 9.47. The van der Waals surface area contributed by atoms with Crippen LogP contribution in [0.3, 0.4) is 0 Å². The van der Waals surface area contributed by atoms with E-state index in [0.29, 0.717) is 11.5 Å². The molecule has 0 spiro atoms. The molecule has 1 aromatic carbocycles. The Kier molecular flexibility index (Phi) is 4.58. The second-order valence-electron chi connectivity index (χ2n) is 3.50. The van der Waals surface area contributed by atoms with Crippen LogP contribution in [0.4, 0.5) is 0 Å². The average molecular weight is 290 g/mol. The Morgan fingerprint density at radius 2 is 1.75 bits per heavy atom. The van der Waals surface area contributed by atoms with Gasteiger partial charge in [-0.25, -0.2) is 0 Å². The van der Waals surface area contributed by atoms with Crippen LogP contribution >= 0.6 is 15.9 Å². The third-order valence-electron chi connectivity index (χ3n) is 2.38. The molecule has 90 valence electrons. The molecule has 0 aliphatic carbocycles. The van der Waals surface area contributed by atoms with E-state index >= 15 is 0 Å². The van der Waals surface area contributed by atoms with Crippen molar-refractivity contribution in [2.45, 2.75) is 19.1 Å². The van der Waals surface area contributed by atoms with Crippen molar-refractivity contribution in [2.75, 3.05) is 14.2 Å². The van der Waals surface area contributed by atoms with Crippen molar-refractivity contribution in [2.24, 2.45) is 5.73 Å². The number of methoxy groups -OCH3 is 2. The Hall–Kier alpha value is -0.780. The topological polar surface area (TPSA) is 64.7 Å². The first-order chi connectivity index (χ1) is 7.51. The maximum Gasteiger partial charge on any atom is 0.161 e. The van der Waals surface area contributed by atoms with Crippen LogP contribution in [0.1, 0.15) is 18.5 Å². The molecule has 0 fully saturated rings. The zero-order chi connectivity index (χ0) is 12.3. The van der Waals surface area contributed by atoms with Crippen molar-refractivity contribution in [1.29, 1.82) is 0 Å². The van der Waals surface area contributed by atoms with E-state index in [-0.39, 0.29) is 0 Å². The highest BCUT2D eigenvalue weighted by atomic mass is 79.9. The lowest BCUT2D eigenvalue weighted by Gasteiger charge is -2.19. The SMILES string of the molecule is COc1cc(Br)c([C@H](N)[C@@H](C)O)cc1OC. The quantitative estimate of drug-likeness (QED) is 0.888. The van der Waals surface area contributed by atoms with E-state index in [1.807, 2.05) is 0 Å². The molecule has 0 aromatic heterocycles. The predicted octanol–water partition coefficient (Wildman–Crippen LogP) is 1.85. The van der Waals surface area contributed by atoms with Crippen LogP contribution in [0.5, 0.6) is 11.5 Å². The molecular formula is C11H16BrNO3. The zero-order valence-corrected chi connectivity index (χ0v) is 11.1. The molecule has 0 unspecified atom stereocenters. The summed E-state index contributed by atoms with van der Waals surface area (Å²) in [6.07, 6.45) is -0.630. The summed E-state index contributed by atoms with van der Waals surface area (Å²) >= 11 is 3.39. The highest BCUT2D eigenvalue weighted by Gasteiger charge is 2.18. The summed E-state index contributed by atoms with van der Waals surface area (Å²) in [7, 11) is 3.13. The number of hydrogen-bond acceptors (Lipinski definition) is 4. The minimum Gasteiger partial charge on any atom is -0.493 e. The van der Waals surface area contributed by atoms with Crippen molar-refractivity contribution in [3.63, 3.8) is 0 Å². The molecule has 16 heavy (non-hydrogen) atoms. The maximum atomic E-state index is 9.47. The smallest absolute Gasteiger partial charge is 0.161 e. The molecule has 5 heteroatoms. The number of halogens is 1. The lowest BCUT2D eigenvalue weighted by molar-refractivity contribution is 0.164. The van der Waals surface area contributed by atoms with E-state index in [9.17, 15) is 5.11 Å². The van der Waals surface area contributed by atoms with Crippen LogP contribution in [0.2, 0.25) is 0 Å². The highest BCUT2D eigenvalue weighted by Crippen LogP contribution is 2.36. The normalized spacial score (nSPS) is 14.4. The van der Waals surface area contributed by atoms with Gasteiger partial charge in [0.25, 0.3) is 0 Å². The first kappa shape index (κ1) is 13.3. The number of nitrogens with two attached hydrogens (primary N) is 1. The van der Waals surface area contributed by atoms with Gasteiger partial charge in [0.05, 0.1) is 26.4 Å². The number of aliphatic hydroxyl groups excluding tert-OH is 1. The van der Waals surface area contributed by atoms with Gasteiger partial charge in [-0.15, -0.1) is 0 Å². The minimum atomic E-state index is -0.630. The lowest BCUT2D eigenvalue weighted by atomic mass is 10.0. The molecule has 0 radical (unpaired) electrons. The van der Waals surface area contributed by atoms with E-state index in [2.05, 4.69) is 15.9 Å². The van der Waals surface area contributed by atoms with Gasteiger partial charge in [-0.1, -0.05) is 15.9 Å². The van der Waals surface area contributed by atoms with Gasteiger partial charge >= 0.3 is 0 Å². The summed E-state index contributed by atoms with van der Waals surface area (Å²) < 4.78 is 11.1. The fourth-order valence-electron chi connectivity index (χ4n) is 1.39. The monoisotopic (exact) mass is 289 g/mol. The summed E-state index contributed by atoms with van der Waals surface area (Å²) in [5.74, 6) is 1.22. The van der Waals surface area contributed by atoms with Gasteiger partial charge < -0.3 is 20.3 Å². The maximum absolute atomic E-state index is 9.47. The summed E-state index contributed by atoms with van der Waals surface area (Å²) in [6.45, 7) is 1.65. The molecule has 0 amide bonds. The van der Waals surface area contributed by atoms with Gasteiger partial charge in [-0.3, -0.25) is 0 Å². The van der Waals surface area contributed by atoms with Gasteiger partial charge in [0.2, 0.25) is 0 Å². The van der Waals surface area contributed by atoms with Crippen LogP contribution in [-0.2, 0) is 0 Å². The largest absolute Gasteiger partial charge is 0.493 e. The molecular weight excluding hydrogens is 274 g/mol. The summed E-state index contributed by atoms with van der Waals surface area (Å²) in [6, 6.07) is 3.07. The van der Waals surface area contributed by atoms with E-state index in [1.54, 1.807) is 33.3 Å². The van der Waals surface area contributed by atoms with Crippen LogP contribution < -0.4 is 15.2 Å². The van der Waals surface area contributed by atoms with Gasteiger partial charge in [-0.05, 0) is 24.6 Å². The van der Waals surface area contributed by atoms with Crippen LogP contribution in [0, 0.1) is 0 Å². The molecule has 0 aliphatic heterocycles. The van der Waals surface area contributed by atoms with Crippen molar-refractivity contribution >= 4 is 15.9 Å². The first-order valence-corrected chi connectivity index (χ1v) is 5.65. The van der Waals surface area contributed by atoms with Gasteiger partial charge in [-0.2, -0.15) is 0 Å². The number of benzene rings is 1. The van der Waals surface area contributed by atoms with E-state index in [1.165, 1.54) is 0 Å². The Labute approximate surface area is 103 Å². The van der Waals surface area contributed by atoms with Crippen LogP contribution in [0.25, 0.3) is 0 Å². The Bertz CT molecular complexity index is 368. The van der Waals surface area contributed by atoms with E-state index < -0.39 is 12.1 Å². The molecule has 4 nitrogen and oxygen atoms in total. The first-order valence-electron chi connectivity index (χ1n) is 4.86.